The third-order valence-electron chi connectivity index (χ3n) is 2.82. The molecule has 104 valence electrons. The Bertz CT molecular complexity index is 646. The van der Waals surface area contributed by atoms with Crippen molar-refractivity contribution in [2.75, 3.05) is 5.32 Å². The van der Waals surface area contributed by atoms with E-state index in [-0.39, 0.29) is 21.3 Å². The van der Waals surface area contributed by atoms with Gasteiger partial charge >= 0.3 is 0 Å². The lowest BCUT2D eigenvalue weighted by Gasteiger charge is -2.12. The van der Waals surface area contributed by atoms with E-state index in [2.05, 4.69) is 21.2 Å². The van der Waals surface area contributed by atoms with Gasteiger partial charge in [-0.15, -0.1) is 0 Å². The minimum absolute atomic E-state index is 0.00368. The van der Waals surface area contributed by atoms with Crippen LogP contribution in [0.2, 0.25) is 5.02 Å². The van der Waals surface area contributed by atoms with Gasteiger partial charge in [0.2, 0.25) is 0 Å². The summed E-state index contributed by atoms with van der Waals surface area (Å²) >= 11 is 9.07. The summed E-state index contributed by atoms with van der Waals surface area (Å²) in [5.74, 6) is -0.984. The van der Waals surface area contributed by atoms with E-state index >= 15 is 0 Å². The van der Waals surface area contributed by atoms with E-state index in [0.29, 0.717) is 5.69 Å². The van der Waals surface area contributed by atoms with E-state index in [1.807, 2.05) is 25.1 Å². The molecule has 0 bridgehead atoms. The lowest BCUT2D eigenvalue weighted by molar-refractivity contribution is 0.102. The second-order valence-electron chi connectivity index (χ2n) is 4.29. The fraction of sp³-hybridized carbons (Fsp3) is 0.133. The van der Waals surface area contributed by atoms with Crippen LogP contribution in [0.4, 0.5) is 10.1 Å². The van der Waals surface area contributed by atoms with Gasteiger partial charge in [-0.05, 0) is 36.8 Å². The first kappa shape index (κ1) is 15.0. The third kappa shape index (κ3) is 3.38. The van der Waals surface area contributed by atoms with Crippen molar-refractivity contribution in [3.63, 3.8) is 0 Å². The summed E-state index contributed by atoms with van der Waals surface area (Å²) < 4.78 is 13.4. The molecule has 2 nitrogen and oxygen atoms in total. The van der Waals surface area contributed by atoms with Crippen molar-refractivity contribution in [2.45, 2.75) is 11.8 Å². The van der Waals surface area contributed by atoms with Gasteiger partial charge in [-0.25, -0.2) is 4.39 Å². The third-order valence-corrected chi connectivity index (χ3v) is 3.62. The molecule has 0 radical (unpaired) electrons. The predicted molar refractivity (Wildman–Crippen MR) is 83.1 cm³/mol. The van der Waals surface area contributed by atoms with E-state index in [4.69, 9.17) is 11.6 Å². The van der Waals surface area contributed by atoms with Crippen molar-refractivity contribution >= 4 is 39.1 Å². The number of carbonyl (C=O) groups excluding carboxylic acids is 1. The lowest BCUT2D eigenvalue weighted by atomic mass is 10.1. The molecular weight excluding hydrogens is 345 g/mol. The van der Waals surface area contributed by atoms with Crippen molar-refractivity contribution in [1.29, 1.82) is 0 Å². The van der Waals surface area contributed by atoms with Crippen LogP contribution in [0.3, 0.4) is 0 Å². The number of para-hydroxylation sites is 1. The fourth-order valence-electron chi connectivity index (χ4n) is 1.79. The standard InChI is InChI=1S/C15H12BrClFNO/c1-9(16)11-4-2-3-5-14(11)19-15(20)10-6-7-12(17)13(18)8-10/h2-9H,1H3,(H,19,20). The Labute approximate surface area is 130 Å². The minimum atomic E-state index is -0.610. The highest BCUT2D eigenvalue weighted by Crippen LogP contribution is 2.29. The zero-order valence-corrected chi connectivity index (χ0v) is 13.0. The maximum Gasteiger partial charge on any atom is 0.255 e. The van der Waals surface area contributed by atoms with Crippen LogP contribution in [0.15, 0.2) is 42.5 Å². The molecule has 1 unspecified atom stereocenters. The van der Waals surface area contributed by atoms with Crippen molar-refractivity contribution in [2.24, 2.45) is 0 Å². The van der Waals surface area contributed by atoms with Crippen LogP contribution in [0, 0.1) is 5.82 Å². The van der Waals surface area contributed by atoms with Crippen LogP contribution in [0.1, 0.15) is 27.7 Å². The molecule has 0 aliphatic rings. The molecule has 0 aromatic heterocycles. The Morgan fingerprint density at radius 2 is 2.00 bits per heavy atom. The second-order valence-corrected chi connectivity index (χ2v) is 6.07. The van der Waals surface area contributed by atoms with Crippen molar-refractivity contribution < 1.29 is 9.18 Å². The zero-order valence-electron chi connectivity index (χ0n) is 10.7. The van der Waals surface area contributed by atoms with Gasteiger partial charge in [-0.2, -0.15) is 0 Å². The van der Waals surface area contributed by atoms with Crippen LogP contribution in [0.25, 0.3) is 0 Å². The van der Waals surface area contributed by atoms with Gasteiger partial charge in [0.15, 0.2) is 0 Å². The number of anilines is 1. The number of amides is 1. The predicted octanol–water partition coefficient (Wildman–Crippen LogP) is 5.19. The molecule has 20 heavy (non-hydrogen) atoms. The number of benzene rings is 2. The molecule has 2 rings (SSSR count). The van der Waals surface area contributed by atoms with Gasteiger partial charge in [0.05, 0.1) is 5.02 Å². The first-order valence-electron chi connectivity index (χ1n) is 5.98. The number of nitrogens with one attached hydrogen (secondary N) is 1. The van der Waals surface area contributed by atoms with Crippen molar-refractivity contribution in [1.82, 2.24) is 0 Å². The SMILES string of the molecule is CC(Br)c1ccccc1NC(=O)c1ccc(Cl)c(F)c1. The van der Waals surface area contributed by atoms with Crippen LogP contribution >= 0.6 is 27.5 Å². The molecule has 2 aromatic carbocycles. The molecule has 1 N–H and O–H groups in total. The summed E-state index contributed by atoms with van der Waals surface area (Å²) in [6.07, 6.45) is 0. The van der Waals surface area contributed by atoms with Crippen LogP contribution < -0.4 is 5.32 Å². The summed E-state index contributed by atoms with van der Waals surface area (Å²) in [6, 6.07) is 11.4. The van der Waals surface area contributed by atoms with Gasteiger partial charge in [0.1, 0.15) is 5.82 Å². The van der Waals surface area contributed by atoms with Gasteiger partial charge in [0, 0.05) is 16.1 Å². The van der Waals surface area contributed by atoms with Crippen molar-refractivity contribution in [3.8, 4) is 0 Å². The smallest absolute Gasteiger partial charge is 0.255 e. The van der Waals surface area contributed by atoms with Gasteiger partial charge < -0.3 is 5.32 Å². The summed E-state index contributed by atoms with van der Waals surface area (Å²) in [5, 5.41) is 2.77. The lowest BCUT2D eigenvalue weighted by Crippen LogP contribution is -2.13. The molecule has 0 aliphatic carbocycles. The molecule has 1 atom stereocenters. The number of halogens is 3. The Balaban J connectivity index is 2.26. The van der Waals surface area contributed by atoms with Gasteiger partial charge in [0.25, 0.3) is 5.91 Å². The van der Waals surface area contributed by atoms with Gasteiger partial charge in [-0.1, -0.05) is 45.7 Å². The topological polar surface area (TPSA) is 29.1 Å². The molecule has 0 saturated heterocycles. The Morgan fingerprint density at radius 3 is 2.65 bits per heavy atom. The van der Waals surface area contributed by atoms with Crippen LogP contribution in [-0.2, 0) is 0 Å². The number of rotatable bonds is 3. The number of hydrogen-bond donors (Lipinski definition) is 1. The molecule has 0 spiro atoms. The minimum Gasteiger partial charge on any atom is -0.322 e. The molecular formula is C15H12BrClFNO. The highest BCUT2D eigenvalue weighted by atomic mass is 79.9. The van der Waals surface area contributed by atoms with E-state index in [1.165, 1.54) is 12.1 Å². The van der Waals surface area contributed by atoms with Crippen molar-refractivity contribution in [3.05, 3.63) is 64.4 Å². The number of carbonyl (C=O) groups is 1. The largest absolute Gasteiger partial charge is 0.322 e. The Kier molecular flexibility index (Phi) is 4.78. The Morgan fingerprint density at radius 1 is 1.30 bits per heavy atom. The molecule has 0 saturated carbocycles. The average molecular weight is 357 g/mol. The fourth-order valence-corrected chi connectivity index (χ4v) is 2.31. The van der Waals surface area contributed by atoms with E-state index < -0.39 is 5.82 Å². The van der Waals surface area contributed by atoms with Crippen LogP contribution in [0.5, 0.6) is 0 Å². The molecule has 5 heteroatoms. The summed E-state index contributed by atoms with van der Waals surface area (Å²) in [4.78, 5) is 12.2. The first-order valence-corrected chi connectivity index (χ1v) is 7.28. The van der Waals surface area contributed by atoms with E-state index in [9.17, 15) is 9.18 Å². The van der Waals surface area contributed by atoms with Crippen LogP contribution in [-0.4, -0.2) is 5.91 Å². The van der Waals surface area contributed by atoms with Gasteiger partial charge in [-0.3, -0.25) is 4.79 Å². The summed E-state index contributed by atoms with van der Waals surface area (Å²) in [7, 11) is 0. The summed E-state index contributed by atoms with van der Waals surface area (Å²) in [6.45, 7) is 1.97. The monoisotopic (exact) mass is 355 g/mol. The summed E-state index contributed by atoms with van der Waals surface area (Å²) in [5.41, 5.74) is 1.87. The van der Waals surface area contributed by atoms with E-state index in [0.717, 1.165) is 11.6 Å². The normalized spacial score (nSPS) is 12.0. The molecule has 0 fully saturated rings. The second kappa shape index (κ2) is 6.37. The molecule has 0 heterocycles. The zero-order chi connectivity index (χ0) is 14.7. The molecule has 0 aliphatic heterocycles. The average Bonchev–Trinajstić information content (AvgIpc) is 2.42. The maximum absolute atomic E-state index is 13.4. The van der Waals surface area contributed by atoms with E-state index in [1.54, 1.807) is 6.07 Å². The highest BCUT2D eigenvalue weighted by Gasteiger charge is 2.12. The molecule has 1 amide bonds. The maximum atomic E-state index is 13.4. The number of hydrogen-bond acceptors (Lipinski definition) is 1. The molecule has 2 aromatic rings. The quantitative estimate of drug-likeness (QED) is 0.754. The highest BCUT2D eigenvalue weighted by molar-refractivity contribution is 9.09. The number of alkyl halides is 1. The first-order chi connectivity index (χ1) is 9.49. The Hall–Kier alpha value is -1.39.